The molecule has 3 aromatic rings. The predicted octanol–water partition coefficient (Wildman–Crippen LogP) is 3.28. The number of rotatable bonds is 7. The fourth-order valence-electron chi connectivity index (χ4n) is 4.71. The first-order chi connectivity index (χ1) is 17.0. The topological polar surface area (TPSA) is 91.8 Å². The molecule has 2 aliphatic rings. The van der Waals surface area contributed by atoms with Crippen molar-refractivity contribution in [3.63, 3.8) is 0 Å². The molecule has 35 heavy (non-hydrogen) atoms. The summed E-state index contributed by atoms with van der Waals surface area (Å²) in [6.45, 7) is 2.37. The molecule has 0 bridgehead atoms. The van der Waals surface area contributed by atoms with E-state index < -0.39 is 5.66 Å². The zero-order valence-electron chi connectivity index (χ0n) is 19.4. The molecule has 1 N–H and O–H groups in total. The Labute approximate surface area is 203 Å². The Kier molecular flexibility index (Phi) is 5.94. The van der Waals surface area contributed by atoms with Crippen LogP contribution in [0.1, 0.15) is 41.3 Å². The monoisotopic (exact) mass is 470 g/mol. The van der Waals surface area contributed by atoms with Crippen molar-refractivity contribution in [1.29, 1.82) is 0 Å². The van der Waals surface area contributed by atoms with Crippen LogP contribution in [0.3, 0.4) is 0 Å². The maximum absolute atomic E-state index is 13.3. The van der Waals surface area contributed by atoms with Crippen molar-refractivity contribution in [2.45, 2.75) is 38.6 Å². The second kappa shape index (κ2) is 9.21. The molecule has 0 aliphatic carbocycles. The molecule has 1 saturated heterocycles. The first-order valence-corrected chi connectivity index (χ1v) is 11.6. The number of anilines is 1. The normalized spacial score (nSPS) is 18.8. The SMILES string of the molecule is CC12CCC(=O)N1c1ccccc1C(=O)N2CC(=O)NCc1ccnc(OCc2ccccc2)c1. The highest BCUT2D eigenvalue weighted by Gasteiger charge is 2.53. The second-order valence-electron chi connectivity index (χ2n) is 8.91. The van der Waals surface area contributed by atoms with E-state index in [2.05, 4.69) is 10.3 Å². The van der Waals surface area contributed by atoms with Crippen molar-refractivity contribution in [1.82, 2.24) is 15.2 Å². The number of nitrogens with one attached hydrogen (secondary N) is 1. The van der Waals surface area contributed by atoms with Gasteiger partial charge in [-0.3, -0.25) is 19.3 Å². The molecular formula is C27H26N4O4. The van der Waals surface area contributed by atoms with Crippen molar-refractivity contribution >= 4 is 23.4 Å². The number of pyridine rings is 1. The van der Waals surface area contributed by atoms with Gasteiger partial charge in [0.25, 0.3) is 5.91 Å². The Morgan fingerprint density at radius 1 is 1.06 bits per heavy atom. The quantitative estimate of drug-likeness (QED) is 0.572. The lowest BCUT2D eigenvalue weighted by atomic mass is 9.98. The highest BCUT2D eigenvalue weighted by Crippen LogP contribution is 2.43. The number of hydrogen-bond donors (Lipinski definition) is 1. The Hall–Kier alpha value is -4.20. The Balaban J connectivity index is 1.24. The summed E-state index contributed by atoms with van der Waals surface area (Å²) in [5, 5.41) is 2.88. The van der Waals surface area contributed by atoms with Crippen molar-refractivity contribution < 1.29 is 19.1 Å². The summed E-state index contributed by atoms with van der Waals surface area (Å²) in [6.07, 6.45) is 2.45. The third-order valence-corrected chi connectivity index (χ3v) is 6.57. The molecular weight excluding hydrogens is 444 g/mol. The third kappa shape index (κ3) is 4.35. The van der Waals surface area contributed by atoms with E-state index in [9.17, 15) is 14.4 Å². The molecule has 1 unspecified atom stereocenters. The zero-order chi connectivity index (χ0) is 24.4. The van der Waals surface area contributed by atoms with Crippen LogP contribution in [0.15, 0.2) is 72.9 Å². The van der Waals surface area contributed by atoms with Gasteiger partial charge in [0.1, 0.15) is 18.8 Å². The van der Waals surface area contributed by atoms with Gasteiger partial charge >= 0.3 is 0 Å². The van der Waals surface area contributed by atoms with Crippen LogP contribution in [0.2, 0.25) is 0 Å². The van der Waals surface area contributed by atoms with Crippen molar-refractivity contribution in [2.75, 3.05) is 11.4 Å². The standard InChI is InChI=1S/C27H26N4O4/c1-27-13-11-25(33)31(27)22-10-6-5-9-21(22)26(34)30(27)17-23(32)29-16-20-12-14-28-24(15-20)35-18-19-7-3-2-4-8-19/h2-10,12,14-15H,11,13,16-18H2,1H3,(H,29,32). The summed E-state index contributed by atoms with van der Waals surface area (Å²) in [7, 11) is 0. The Morgan fingerprint density at radius 2 is 1.83 bits per heavy atom. The molecule has 0 radical (unpaired) electrons. The maximum Gasteiger partial charge on any atom is 0.258 e. The molecule has 1 atom stereocenters. The van der Waals surface area contributed by atoms with E-state index in [0.29, 0.717) is 36.6 Å². The zero-order valence-corrected chi connectivity index (χ0v) is 19.4. The van der Waals surface area contributed by atoms with Crippen LogP contribution in [-0.2, 0) is 22.7 Å². The van der Waals surface area contributed by atoms with E-state index in [-0.39, 0.29) is 30.8 Å². The van der Waals surface area contributed by atoms with Gasteiger partial charge in [-0.2, -0.15) is 0 Å². The minimum absolute atomic E-state index is 0.0438. The predicted molar refractivity (Wildman–Crippen MR) is 129 cm³/mol. The van der Waals surface area contributed by atoms with E-state index in [1.54, 1.807) is 41.4 Å². The number of fused-ring (bicyclic) bond motifs is 3. The van der Waals surface area contributed by atoms with Crippen molar-refractivity contribution in [3.05, 3.63) is 89.6 Å². The smallest absolute Gasteiger partial charge is 0.258 e. The summed E-state index contributed by atoms with van der Waals surface area (Å²) in [4.78, 5) is 46.3. The van der Waals surface area contributed by atoms with Crippen molar-refractivity contribution in [3.8, 4) is 5.88 Å². The molecule has 0 saturated carbocycles. The molecule has 1 fully saturated rings. The number of nitrogens with zero attached hydrogens (tertiary/aromatic N) is 3. The highest BCUT2D eigenvalue weighted by molar-refractivity contribution is 6.11. The Bertz CT molecular complexity index is 1280. The summed E-state index contributed by atoms with van der Waals surface area (Å²) in [6, 6.07) is 20.4. The van der Waals surface area contributed by atoms with Gasteiger partial charge in [0.15, 0.2) is 0 Å². The van der Waals surface area contributed by atoms with Gasteiger partial charge in [-0.25, -0.2) is 4.98 Å². The number of ether oxygens (including phenoxy) is 1. The molecule has 3 amide bonds. The summed E-state index contributed by atoms with van der Waals surface area (Å²) < 4.78 is 5.76. The highest BCUT2D eigenvalue weighted by atomic mass is 16.5. The second-order valence-corrected chi connectivity index (χ2v) is 8.91. The fraction of sp³-hybridized carbons (Fsp3) is 0.259. The molecule has 1 aromatic heterocycles. The van der Waals surface area contributed by atoms with Crippen LogP contribution in [-0.4, -0.2) is 39.8 Å². The van der Waals surface area contributed by atoms with E-state index in [0.717, 1.165) is 11.1 Å². The molecule has 8 heteroatoms. The average Bonchev–Trinajstić information content (AvgIpc) is 3.20. The first-order valence-electron chi connectivity index (χ1n) is 11.6. The summed E-state index contributed by atoms with van der Waals surface area (Å²) >= 11 is 0. The van der Waals surface area contributed by atoms with E-state index in [1.165, 1.54) is 4.90 Å². The minimum atomic E-state index is -0.866. The van der Waals surface area contributed by atoms with Crippen molar-refractivity contribution in [2.24, 2.45) is 0 Å². The number of amides is 3. The van der Waals surface area contributed by atoms with Gasteiger partial charge in [-0.1, -0.05) is 42.5 Å². The molecule has 2 aromatic carbocycles. The summed E-state index contributed by atoms with van der Waals surface area (Å²) in [5.41, 5.74) is 2.04. The van der Waals surface area contributed by atoms with Gasteiger partial charge in [-0.15, -0.1) is 0 Å². The van der Waals surface area contributed by atoms with Crippen LogP contribution in [0, 0.1) is 0 Å². The number of para-hydroxylation sites is 1. The van der Waals surface area contributed by atoms with E-state index in [1.807, 2.05) is 43.3 Å². The van der Waals surface area contributed by atoms with E-state index in [4.69, 9.17) is 4.74 Å². The molecule has 8 nitrogen and oxygen atoms in total. The lowest BCUT2D eigenvalue weighted by molar-refractivity contribution is -0.124. The fourth-order valence-corrected chi connectivity index (χ4v) is 4.71. The van der Waals surface area contributed by atoms with Gasteiger partial charge in [-0.05, 0) is 42.7 Å². The number of carbonyl (C=O) groups is 3. The molecule has 178 valence electrons. The van der Waals surface area contributed by atoms with E-state index >= 15 is 0 Å². The van der Waals surface area contributed by atoms with Crippen LogP contribution < -0.4 is 15.0 Å². The molecule has 5 rings (SSSR count). The Morgan fingerprint density at radius 3 is 2.66 bits per heavy atom. The average molecular weight is 471 g/mol. The van der Waals surface area contributed by atoms with Crippen LogP contribution in [0.4, 0.5) is 5.69 Å². The van der Waals surface area contributed by atoms with Gasteiger partial charge < -0.3 is 15.0 Å². The summed E-state index contributed by atoms with van der Waals surface area (Å²) in [5.74, 6) is -0.125. The molecule has 0 spiro atoms. The van der Waals surface area contributed by atoms with Gasteiger partial charge in [0.05, 0.1) is 11.3 Å². The van der Waals surface area contributed by atoms with Crippen LogP contribution in [0.5, 0.6) is 5.88 Å². The number of hydrogen-bond acceptors (Lipinski definition) is 5. The minimum Gasteiger partial charge on any atom is -0.473 e. The first kappa shape index (κ1) is 22.6. The maximum atomic E-state index is 13.3. The van der Waals surface area contributed by atoms with Crippen LogP contribution >= 0.6 is 0 Å². The number of carbonyl (C=O) groups excluding carboxylic acids is 3. The largest absolute Gasteiger partial charge is 0.473 e. The lowest BCUT2D eigenvalue weighted by Crippen LogP contribution is -2.63. The molecule has 2 aliphatic heterocycles. The lowest BCUT2D eigenvalue weighted by Gasteiger charge is -2.48. The van der Waals surface area contributed by atoms with Crippen LogP contribution in [0.25, 0.3) is 0 Å². The number of aromatic nitrogens is 1. The van der Waals surface area contributed by atoms with Gasteiger partial charge in [0, 0.05) is 25.2 Å². The number of benzene rings is 2. The molecule has 3 heterocycles. The third-order valence-electron chi connectivity index (χ3n) is 6.57. The van der Waals surface area contributed by atoms with Gasteiger partial charge in [0.2, 0.25) is 17.7 Å².